The third kappa shape index (κ3) is 2.56. The molecule has 0 N–H and O–H groups in total. The molecule has 92 valence electrons. The van der Waals surface area contributed by atoms with Crippen molar-refractivity contribution >= 4 is 6.29 Å². The van der Waals surface area contributed by atoms with Crippen molar-refractivity contribution in [3.63, 3.8) is 0 Å². The molecule has 0 aliphatic carbocycles. The zero-order valence-corrected chi connectivity index (χ0v) is 10.2. The molecule has 0 aliphatic rings. The van der Waals surface area contributed by atoms with Crippen LogP contribution in [0.25, 0.3) is 0 Å². The number of aldehydes is 1. The molecule has 2 aromatic rings. The molecule has 0 aliphatic heterocycles. The minimum atomic E-state index is -0.542. The molecule has 0 radical (unpaired) electrons. The molecule has 0 spiro atoms. The molecule has 0 saturated carbocycles. The monoisotopic (exact) mass is 244 g/mol. The molecule has 0 heterocycles. The number of hydrogen-bond acceptors (Lipinski definition) is 2. The summed E-state index contributed by atoms with van der Waals surface area (Å²) in [5.74, 6) is 0.186. The molecule has 0 aromatic heterocycles. The number of carbonyl (C=O) groups is 1. The van der Waals surface area contributed by atoms with E-state index >= 15 is 0 Å². The zero-order valence-electron chi connectivity index (χ0n) is 10.2. The number of aryl methyl sites for hydroxylation is 2. The van der Waals surface area contributed by atoms with Crippen molar-refractivity contribution in [2.24, 2.45) is 0 Å². The van der Waals surface area contributed by atoms with Crippen LogP contribution in [0.4, 0.5) is 4.39 Å². The smallest absolute Gasteiger partial charge is 0.166 e. The summed E-state index contributed by atoms with van der Waals surface area (Å²) in [5.41, 5.74) is 2.35. The first-order chi connectivity index (χ1) is 8.60. The van der Waals surface area contributed by atoms with Crippen molar-refractivity contribution in [1.82, 2.24) is 0 Å². The summed E-state index contributed by atoms with van der Waals surface area (Å²) < 4.78 is 19.2. The highest BCUT2D eigenvalue weighted by Crippen LogP contribution is 2.28. The molecule has 18 heavy (non-hydrogen) atoms. The van der Waals surface area contributed by atoms with Gasteiger partial charge in [0.2, 0.25) is 0 Å². The van der Waals surface area contributed by atoms with Gasteiger partial charge in [0.1, 0.15) is 12.0 Å². The summed E-state index contributed by atoms with van der Waals surface area (Å²) in [6, 6.07) is 9.81. The average molecular weight is 244 g/mol. The maximum atomic E-state index is 13.6. The van der Waals surface area contributed by atoms with E-state index in [2.05, 4.69) is 0 Å². The second-order valence-electron chi connectivity index (χ2n) is 4.18. The molecule has 0 atom stereocenters. The Balaban J connectivity index is 2.31. The van der Waals surface area contributed by atoms with Crippen LogP contribution in [-0.4, -0.2) is 6.29 Å². The quantitative estimate of drug-likeness (QED) is 0.761. The van der Waals surface area contributed by atoms with Gasteiger partial charge in [-0.3, -0.25) is 4.79 Å². The summed E-state index contributed by atoms with van der Waals surface area (Å²) >= 11 is 0. The normalized spacial score (nSPS) is 10.2. The first kappa shape index (κ1) is 12.3. The Morgan fingerprint density at radius 3 is 2.39 bits per heavy atom. The number of rotatable bonds is 3. The number of hydrogen-bond donors (Lipinski definition) is 0. The maximum Gasteiger partial charge on any atom is 0.166 e. The first-order valence-corrected chi connectivity index (χ1v) is 5.60. The van der Waals surface area contributed by atoms with Crippen LogP contribution in [0.5, 0.6) is 11.5 Å². The molecule has 2 aromatic carbocycles. The first-order valence-electron chi connectivity index (χ1n) is 5.60. The van der Waals surface area contributed by atoms with Crippen LogP contribution in [0, 0.1) is 19.7 Å². The van der Waals surface area contributed by atoms with Gasteiger partial charge in [-0.25, -0.2) is 4.39 Å². The van der Waals surface area contributed by atoms with Gasteiger partial charge in [-0.2, -0.15) is 0 Å². The van der Waals surface area contributed by atoms with Gasteiger partial charge in [0.15, 0.2) is 11.6 Å². The highest BCUT2D eigenvalue weighted by atomic mass is 19.1. The lowest BCUT2D eigenvalue weighted by molar-refractivity contribution is 0.112. The summed E-state index contributed by atoms with van der Waals surface area (Å²) in [5, 5.41) is 0. The fourth-order valence-electron chi connectivity index (χ4n) is 1.71. The van der Waals surface area contributed by atoms with E-state index in [1.165, 1.54) is 12.1 Å². The highest BCUT2D eigenvalue weighted by molar-refractivity contribution is 5.75. The molecule has 0 saturated heterocycles. The predicted octanol–water partition coefficient (Wildman–Crippen LogP) is 4.05. The van der Waals surface area contributed by atoms with Crippen molar-refractivity contribution in [1.29, 1.82) is 0 Å². The van der Waals surface area contributed by atoms with Gasteiger partial charge in [-0.15, -0.1) is 0 Å². The number of benzene rings is 2. The van der Waals surface area contributed by atoms with E-state index in [0.29, 0.717) is 17.6 Å². The van der Waals surface area contributed by atoms with Crippen LogP contribution in [0.15, 0.2) is 36.4 Å². The second kappa shape index (κ2) is 5.00. The van der Waals surface area contributed by atoms with Gasteiger partial charge in [0.25, 0.3) is 0 Å². The van der Waals surface area contributed by atoms with Crippen LogP contribution in [0.2, 0.25) is 0 Å². The van der Waals surface area contributed by atoms with Gasteiger partial charge >= 0.3 is 0 Å². The molecular formula is C15H13FO2. The van der Waals surface area contributed by atoms with E-state index in [-0.39, 0.29) is 5.75 Å². The Kier molecular flexibility index (Phi) is 3.42. The fraction of sp³-hybridized carbons (Fsp3) is 0.133. The molecule has 0 fully saturated rings. The van der Waals surface area contributed by atoms with Crippen molar-refractivity contribution in [2.45, 2.75) is 13.8 Å². The van der Waals surface area contributed by atoms with Crippen molar-refractivity contribution in [3.05, 3.63) is 58.9 Å². The van der Waals surface area contributed by atoms with Crippen molar-refractivity contribution in [3.8, 4) is 11.5 Å². The Morgan fingerprint density at radius 1 is 1.06 bits per heavy atom. The zero-order chi connectivity index (χ0) is 13.1. The van der Waals surface area contributed by atoms with Crippen LogP contribution in [-0.2, 0) is 0 Å². The van der Waals surface area contributed by atoms with E-state index in [4.69, 9.17) is 4.74 Å². The standard InChI is InChI=1S/C15H13FO2/c1-10-3-5-14(11(2)7-10)18-15-6-4-12(9-17)8-13(15)16/h3-9H,1-2H3. The van der Waals surface area contributed by atoms with E-state index in [0.717, 1.165) is 17.2 Å². The topological polar surface area (TPSA) is 26.3 Å². The van der Waals surface area contributed by atoms with Crippen LogP contribution < -0.4 is 4.74 Å². The molecule has 3 heteroatoms. The third-order valence-corrected chi connectivity index (χ3v) is 2.64. The molecule has 2 rings (SSSR count). The highest BCUT2D eigenvalue weighted by Gasteiger charge is 2.07. The van der Waals surface area contributed by atoms with Crippen LogP contribution in [0.3, 0.4) is 0 Å². The van der Waals surface area contributed by atoms with E-state index in [1.807, 2.05) is 26.0 Å². The van der Waals surface area contributed by atoms with E-state index in [1.54, 1.807) is 6.07 Å². The van der Waals surface area contributed by atoms with Gasteiger partial charge < -0.3 is 4.74 Å². The van der Waals surface area contributed by atoms with E-state index < -0.39 is 5.82 Å². The third-order valence-electron chi connectivity index (χ3n) is 2.64. The molecular weight excluding hydrogens is 231 g/mol. The summed E-state index contributed by atoms with van der Waals surface area (Å²) in [7, 11) is 0. The Bertz CT molecular complexity index is 591. The van der Waals surface area contributed by atoms with Gasteiger partial charge in [-0.1, -0.05) is 17.7 Å². The van der Waals surface area contributed by atoms with Gasteiger partial charge in [-0.05, 0) is 43.7 Å². The predicted molar refractivity (Wildman–Crippen MR) is 67.8 cm³/mol. The molecule has 0 unspecified atom stereocenters. The average Bonchev–Trinajstić information content (AvgIpc) is 2.34. The SMILES string of the molecule is Cc1ccc(Oc2ccc(C=O)cc2F)c(C)c1. The summed E-state index contributed by atoms with van der Waals surface area (Å²) in [6.45, 7) is 3.89. The lowest BCUT2D eigenvalue weighted by Crippen LogP contribution is -1.92. The molecule has 2 nitrogen and oxygen atoms in total. The molecule has 0 amide bonds. The largest absolute Gasteiger partial charge is 0.454 e. The van der Waals surface area contributed by atoms with Crippen molar-refractivity contribution in [2.75, 3.05) is 0 Å². The van der Waals surface area contributed by atoms with E-state index in [9.17, 15) is 9.18 Å². The summed E-state index contributed by atoms with van der Waals surface area (Å²) in [4.78, 5) is 10.5. The number of ether oxygens (including phenoxy) is 1. The Labute approximate surface area is 105 Å². The minimum Gasteiger partial charge on any atom is -0.454 e. The Morgan fingerprint density at radius 2 is 1.78 bits per heavy atom. The van der Waals surface area contributed by atoms with Crippen molar-refractivity contribution < 1.29 is 13.9 Å². The van der Waals surface area contributed by atoms with Gasteiger partial charge in [0.05, 0.1) is 0 Å². The second-order valence-corrected chi connectivity index (χ2v) is 4.18. The van der Waals surface area contributed by atoms with Crippen LogP contribution in [0.1, 0.15) is 21.5 Å². The number of halogens is 1. The van der Waals surface area contributed by atoms with Crippen LogP contribution >= 0.6 is 0 Å². The lowest BCUT2D eigenvalue weighted by Gasteiger charge is -2.10. The van der Waals surface area contributed by atoms with Gasteiger partial charge in [0, 0.05) is 5.56 Å². The molecule has 0 bridgehead atoms. The number of carbonyl (C=O) groups excluding carboxylic acids is 1. The Hall–Kier alpha value is -2.16. The maximum absolute atomic E-state index is 13.6. The fourth-order valence-corrected chi connectivity index (χ4v) is 1.71. The minimum absolute atomic E-state index is 0.118. The summed E-state index contributed by atoms with van der Waals surface area (Å²) in [6.07, 6.45) is 0.601. The lowest BCUT2D eigenvalue weighted by atomic mass is 10.1.